The van der Waals surface area contributed by atoms with E-state index in [0.29, 0.717) is 11.5 Å². The van der Waals surface area contributed by atoms with Gasteiger partial charge < -0.3 is 21.1 Å². The lowest BCUT2D eigenvalue weighted by atomic mass is 9.90. The molecule has 2 heterocycles. The zero-order valence-electron chi connectivity index (χ0n) is 15.4. The van der Waals surface area contributed by atoms with Gasteiger partial charge in [-0.25, -0.2) is 14.8 Å². The predicted octanol–water partition coefficient (Wildman–Crippen LogP) is 4.15. The van der Waals surface area contributed by atoms with E-state index in [1.165, 1.54) is 0 Å². The fraction of sp³-hybridized carbons (Fsp3) is 0.368. The van der Waals surface area contributed by atoms with E-state index < -0.39 is 6.09 Å². The molecule has 2 aromatic rings. The number of rotatable bonds is 5. The first kappa shape index (κ1) is 19.9. The summed E-state index contributed by atoms with van der Waals surface area (Å²) in [4.78, 5) is 19.7. The summed E-state index contributed by atoms with van der Waals surface area (Å²) in [5.74, 6) is 0.610. The highest BCUT2D eigenvalue weighted by atomic mass is 79.9. The van der Waals surface area contributed by atoms with E-state index in [1.807, 2.05) is 19.1 Å². The number of carboxylic acid groups (broad SMARTS) is 1. The molecule has 0 aromatic carbocycles. The standard InChI is InChI=1S/C19H21BrN6O2/c1-11-13(20)6-7-18(23-11)25-16-8-12(10-22-17(16)9-21)24-14-4-2-3-5-15(14)26-19(27)28/h6-8,10,14-15,24,26H,2-5H2,1H3,(H,23,25)(H,27,28)/t14-,15+/m1/s1. The van der Waals surface area contributed by atoms with Crippen LogP contribution in [0.1, 0.15) is 37.1 Å². The molecular formula is C19H21BrN6O2. The largest absolute Gasteiger partial charge is 0.465 e. The summed E-state index contributed by atoms with van der Waals surface area (Å²) >= 11 is 3.42. The number of hydrogen-bond donors (Lipinski definition) is 4. The number of amides is 1. The van der Waals surface area contributed by atoms with Gasteiger partial charge in [-0.2, -0.15) is 5.26 Å². The summed E-state index contributed by atoms with van der Waals surface area (Å²) < 4.78 is 0.904. The molecule has 1 fully saturated rings. The van der Waals surface area contributed by atoms with Crippen LogP contribution in [0.3, 0.4) is 0 Å². The van der Waals surface area contributed by atoms with E-state index in [9.17, 15) is 10.1 Å². The van der Waals surface area contributed by atoms with Gasteiger partial charge in [-0.05, 0) is 53.9 Å². The molecule has 0 saturated heterocycles. The topological polar surface area (TPSA) is 123 Å². The minimum atomic E-state index is -1.02. The normalized spacial score (nSPS) is 18.8. The van der Waals surface area contributed by atoms with Gasteiger partial charge in [-0.15, -0.1) is 0 Å². The van der Waals surface area contributed by atoms with E-state index in [0.717, 1.165) is 41.5 Å². The summed E-state index contributed by atoms with van der Waals surface area (Å²) in [6.07, 6.45) is 4.26. The Labute approximate surface area is 171 Å². The average molecular weight is 445 g/mol. The number of halogens is 1. The van der Waals surface area contributed by atoms with Crippen molar-refractivity contribution in [1.29, 1.82) is 5.26 Å². The second-order valence-electron chi connectivity index (χ2n) is 6.71. The van der Waals surface area contributed by atoms with Crippen molar-refractivity contribution < 1.29 is 9.90 Å². The molecule has 0 radical (unpaired) electrons. The number of anilines is 3. The summed E-state index contributed by atoms with van der Waals surface area (Å²) in [6.45, 7) is 1.88. The first-order valence-electron chi connectivity index (χ1n) is 9.02. The van der Waals surface area contributed by atoms with E-state index in [4.69, 9.17) is 5.11 Å². The molecule has 4 N–H and O–H groups in total. The van der Waals surface area contributed by atoms with Gasteiger partial charge in [0, 0.05) is 10.5 Å². The Morgan fingerprint density at radius 1 is 1.32 bits per heavy atom. The van der Waals surface area contributed by atoms with Gasteiger partial charge in [-0.1, -0.05) is 12.8 Å². The predicted molar refractivity (Wildman–Crippen MR) is 110 cm³/mol. The minimum absolute atomic E-state index is 0.0273. The molecule has 1 aliphatic rings. The van der Waals surface area contributed by atoms with Crippen LogP contribution in [0, 0.1) is 18.3 Å². The second kappa shape index (κ2) is 8.89. The molecule has 3 rings (SSSR count). The third-order valence-electron chi connectivity index (χ3n) is 4.70. The summed E-state index contributed by atoms with van der Waals surface area (Å²) in [5, 5.41) is 27.5. The maximum absolute atomic E-state index is 11.1. The third kappa shape index (κ3) is 4.89. The van der Waals surface area contributed by atoms with Gasteiger partial charge in [-0.3, -0.25) is 0 Å². The molecule has 1 aliphatic carbocycles. The minimum Gasteiger partial charge on any atom is -0.465 e. The van der Waals surface area contributed by atoms with Crippen molar-refractivity contribution in [2.45, 2.75) is 44.7 Å². The van der Waals surface area contributed by atoms with Crippen LogP contribution >= 0.6 is 15.9 Å². The zero-order chi connectivity index (χ0) is 20.1. The summed E-state index contributed by atoms with van der Waals surface area (Å²) in [6, 6.07) is 7.39. The number of aromatic nitrogens is 2. The molecule has 0 spiro atoms. The van der Waals surface area contributed by atoms with Crippen LogP contribution in [0.25, 0.3) is 0 Å². The van der Waals surface area contributed by atoms with Gasteiger partial charge in [0.1, 0.15) is 11.9 Å². The van der Waals surface area contributed by atoms with Crippen molar-refractivity contribution in [3.05, 3.63) is 40.3 Å². The number of hydrogen-bond acceptors (Lipinski definition) is 6. The van der Waals surface area contributed by atoms with Gasteiger partial charge in [0.25, 0.3) is 0 Å². The highest BCUT2D eigenvalue weighted by Crippen LogP contribution is 2.26. The molecule has 8 nitrogen and oxygen atoms in total. The smallest absolute Gasteiger partial charge is 0.404 e. The zero-order valence-corrected chi connectivity index (χ0v) is 17.0. The van der Waals surface area contributed by atoms with Crippen molar-refractivity contribution >= 4 is 39.2 Å². The quantitative estimate of drug-likeness (QED) is 0.545. The molecule has 28 heavy (non-hydrogen) atoms. The van der Waals surface area contributed by atoms with Gasteiger partial charge in [0.15, 0.2) is 5.69 Å². The maximum atomic E-state index is 11.1. The molecule has 0 unspecified atom stereocenters. The van der Waals surface area contributed by atoms with Gasteiger partial charge >= 0.3 is 6.09 Å². The van der Waals surface area contributed by atoms with E-state index in [-0.39, 0.29) is 17.8 Å². The molecule has 0 bridgehead atoms. The first-order valence-corrected chi connectivity index (χ1v) is 9.82. The fourth-order valence-electron chi connectivity index (χ4n) is 3.33. The van der Waals surface area contributed by atoms with Crippen molar-refractivity contribution in [2.75, 3.05) is 10.6 Å². The van der Waals surface area contributed by atoms with E-state index >= 15 is 0 Å². The molecule has 9 heteroatoms. The van der Waals surface area contributed by atoms with Crippen LogP contribution < -0.4 is 16.0 Å². The number of nitrogens with zero attached hydrogens (tertiary/aromatic N) is 3. The number of aryl methyl sites for hydroxylation is 1. The molecule has 1 amide bonds. The van der Waals surface area contributed by atoms with Crippen LogP contribution in [-0.2, 0) is 0 Å². The lowest BCUT2D eigenvalue weighted by Gasteiger charge is -2.32. The van der Waals surface area contributed by atoms with E-state index in [1.54, 1.807) is 12.3 Å². The molecule has 0 aliphatic heterocycles. The molecule has 1 saturated carbocycles. The third-order valence-corrected chi connectivity index (χ3v) is 5.54. The number of nitrogens with one attached hydrogen (secondary N) is 3. The van der Waals surface area contributed by atoms with Crippen LogP contribution in [0.2, 0.25) is 0 Å². The van der Waals surface area contributed by atoms with Crippen LogP contribution in [0.15, 0.2) is 28.9 Å². The SMILES string of the molecule is Cc1nc(Nc2cc(N[C@@H]3CCCC[C@@H]3NC(=O)O)cnc2C#N)ccc1Br. The molecule has 146 valence electrons. The number of nitriles is 1. The molecule has 2 atom stereocenters. The summed E-state index contributed by atoms with van der Waals surface area (Å²) in [7, 11) is 0. The van der Waals surface area contributed by atoms with E-state index in [2.05, 4.69) is 47.9 Å². The fourth-order valence-corrected chi connectivity index (χ4v) is 3.55. The second-order valence-corrected chi connectivity index (χ2v) is 7.57. The van der Waals surface area contributed by atoms with Crippen molar-refractivity contribution in [2.24, 2.45) is 0 Å². The van der Waals surface area contributed by atoms with Crippen molar-refractivity contribution in [3.63, 3.8) is 0 Å². The highest BCUT2D eigenvalue weighted by Gasteiger charge is 2.26. The van der Waals surface area contributed by atoms with Crippen molar-refractivity contribution in [3.8, 4) is 6.07 Å². The Balaban J connectivity index is 1.80. The maximum Gasteiger partial charge on any atom is 0.404 e. The van der Waals surface area contributed by atoms with Crippen LogP contribution in [0.4, 0.5) is 22.0 Å². The Morgan fingerprint density at radius 2 is 2.07 bits per heavy atom. The molecule has 2 aromatic heterocycles. The van der Waals surface area contributed by atoms with Gasteiger partial charge in [0.2, 0.25) is 0 Å². The Kier molecular flexibility index (Phi) is 6.31. The lowest BCUT2D eigenvalue weighted by molar-refractivity contribution is 0.184. The van der Waals surface area contributed by atoms with Crippen molar-refractivity contribution in [1.82, 2.24) is 15.3 Å². The Hall–Kier alpha value is -2.86. The molecular weight excluding hydrogens is 424 g/mol. The number of carbonyl (C=O) groups is 1. The average Bonchev–Trinajstić information content (AvgIpc) is 2.66. The highest BCUT2D eigenvalue weighted by molar-refractivity contribution is 9.10. The van der Waals surface area contributed by atoms with Gasteiger partial charge in [0.05, 0.1) is 29.3 Å². The first-order chi connectivity index (χ1) is 13.5. The summed E-state index contributed by atoms with van der Waals surface area (Å²) in [5.41, 5.74) is 2.35. The Bertz CT molecular complexity index is 914. The number of pyridine rings is 2. The Morgan fingerprint density at radius 3 is 2.75 bits per heavy atom. The monoisotopic (exact) mass is 444 g/mol. The lowest BCUT2D eigenvalue weighted by Crippen LogP contribution is -2.48. The van der Waals surface area contributed by atoms with Crippen LogP contribution in [0.5, 0.6) is 0 Å². The van der Waals surface area contributed by atoms with Crippen LogP contribution in [-0.4, -0.2) is 33.3 Å².